The third-order valence-electron chi connectivity index (χ3n) is 4.07. The van der Waals surface area contributed by atoms with E-state index in [1.54, 1.807) is 0 Å². The predicted octanol–water partition coefficient (Wildman–Crippen LogP) is 1.25. The summed E-state index contributed by atoms with van der Waals surface area (Å²) in [6.45, 7) is 1.49. The van der Waals surface area contributed by atoms with E-state index in [0.717, 1.165) is 21.5 Å². The van der Waals surface area contributed by atoms with Gasteiger partial charge in [-0.15, -0.1) is 15.0 Å². The van der Waals surface area contributed by atoms with Gasteiger partial charge in [-0.05, 0) is 6.92 Å². The average Bonchev–Trinajstić information content (AvgIpc) is 3.04. The van der Waals surface area contributed by atoms with Gasteiger partial charge in [-0.3, -0.25) is 9.78 Å². The van der Waals surface area contributed by atoms with Crippen LogP contribution in [0.1, 0.15) is 5.69 Å². The van der Waals surface area contributed by atoms with Gasteiger partial charge in [-0.25, -0.2) is 18.1 Å². The van der Waals surface area contributed by atoms with Crippen molar-refractivity contribution in [2.45, 2.75) is 6.92 Å². The molecule has 0 aliphatic rings. The van der Waals surface area contributed by atoms with Gasteiger partial charge >= 0.3 is 5.69 Å². The van der Waals surface area contributed by atoms with Gasteiger partial charge in [0.1, 0.15) is 16.8 Å². The Balaban J connectivity index is 1.98. The maximum atomic E-state index is 13.4. The molecule has 0 spiro atoms. The number of hydrogen-bond acceptors (Lipinski definition) is 6. The quantitative estimate of drug-likeness (QED) is 0.568. The lowest BCUT2D eigenvalue weighted by Gasteiger charge is -2.09. The molecule has 0 unspecified atom stereocenters. The van der Waals surface area contributed by atoms with Crippen LogP contribution in [-0.4, -0.2) is 36.6 Å². The molecule has 0 fully saturated rings. The van der Waals surface area contributed by atoms with Crippen molar-refractivity contribution in [1.82, 2.24) is 29.5 Å². The average molecular weight is 386 g/mol. The minimum Gasteiger partial charge on any atom is -0.495 e. The van der Waals surface area contributed by atoms with Gasteiger partial charge in [-0.1, -0.05) is 0 Å². The number of benzene rings is 1. The van der Waals surface area contributed by atoms with Gasteiger partial charge < -0.3 is 9.72 Å². The molecule has 4 aromatic rings. The summed E-state index contributed by atoms with van der Waals surface area (Å²) in [5.74, 6) is -1.82. The third kappa shape index (κ3) is 2.73. The maximum absolute atomic E-state index is 13.4. The minimum atomic E-state index is -1.09. The Morgan fingerprint density at radius 2 is 1.68 bits per heavy atom. The largest absolute Gasteiger partial charge is 0.495 e. The summed E-state index contributed by atoms with van der Waals surface area (Å²) < 4.78 is 32.8. The van der Waals surface area contributed by atoms with E-state index in [1.807, 2.05) is 0 Å². The number of hydrogen-bond donors (Lipinski definition) is 1. The third-order valence-corrected chi connectivity index (χ3v) is 4.07. The molecule has 0 amide bonds. The number of nitrogens with one attached hydrogen (secondary N) is 1. The number of aromatic nitrogens is 6. The van der Waals surface area contributed by atoms with Crippen molar-refractivity contribution in [2.75, 3.05) is 7.11 Å². The van der Waals surface area contributed by atoms with Crippen LogP contribution in [0, 0.1) is 18.6 Å². The van der Waals surface area contributed by atoms with E-state index in [2.05, 4.69) is 20.2 Å². The van der Waals surface area contributed by atoms with Gasteiger partial charge in [0.2, 0.25) is 0 Å². The SMILES string of the molecule is COc1cncc(-n2c(=O)[nH]c(C)c(-n3nc4cc(F)c(F)cc4n3)c2=O)c1. The van der Waals surface area contributed by atoms with E-state index >= 15 is 0 Å². The Bertz CT molecular complexity index is 1300. The van der Waals surface area contributed by atoms with Crippen molar-refractivity contribution < 1.29 is 13.5 Å². The molecule has 1 aromatic carbocycles. The molecule has 0 saturated heterocycles. The molecule has 9 nitrogen and oxygen atoms in total. The van der Waals surface area contributed by atoms with Crippen molar-refractivity contribution in [3.8, 4) is 17.1 Å². The highest BCUT2D eigenvalue weighted by molar-refractivity contribution is 5.74. The van der Waals surface area contributed by atoms with Gasteiger partial charge in [0, 0.05) is 23.9 Å². The van der Waals surface area contributed by atoms with Crippen LogP contribution in [0.5, 0.6) is 5.75 Å². The fourth-order valence-corrected chi connectivity index (χ4v) is 2.76. The number of H-pyrrole nitrogens is 1. The number of aryl methyl sites for hydroxylation is 1. The Morgan fingerprint density at radius 1 is 1.04 bits per heavy atom. The van der Waals surface area contributed by atoms with Crippen molar-refractivity contribution in [3.05, 3.63) is 68.8 Å². The van der Waals surface area contributed by atoms with Gasteiger partial charge in [0.15, 0.2) is 17.3 Å². The lowest BCUT2D eigenvalue weighted by Crippen LogP contribution is -2.37. The Morgan fingerprint density at radius 3 is 2.29 bits per heavy atom. The zero-order valence-corrected chi connectivity index (χ0v) is 14.6. The highest BCUT2D eigenvalue weighted by Gasteiger charge is 2.18. The van der Waals surface area contributed by atoms with Crippen molar-refractivity contribution >= 4 is 11.0 Å². The summed E-state index contributed by atoms with van der Waals surface area (Å²) in [6.07, 6.45) is 2.73. The molecular formula is C17H12F2N6O3. The summed E-state index contributed by atoms with van der Waals surface area (Å²) in [5, 5.41) is 8.06. The van der Waals surface area contributed by atoms with Crippen LogP contribution < -0.4 is 16.0 Å². The lowest BCUT2D eigenvalue weighted by atomic mass is 10.3. The first kappa shape index (κ1) is 17.5. The molecule has 0 bridgehead atoms. The molecule has 28 heavy (non-hydrogen) atoms. The number of methoxy groups -OCH3 is 1. The van der Waals surface area contributed by atoms with Gasteiger partial charge in [0.25, 0.3) is 5.56 Å². The number of pyridine rings is 1. The van der Waals surface area contributed by atoms with E-state index in [-0.39, 0.29) is 28.1 Å². The van der Waals surface area contributed by atoms with Gasteiger partial charge in [0.05, 0.1) is 25.2 Å². The monoisotopic (exact) mass is 386 g/mol. The second-order valence-corrected chi connectivity index (χ2v) is 5.87. The number of ether oxygens (including phenoxy) is 1. The number of rotatable bonds is 3. The fourth-order valence-electron chi connectivity index (χ4n) is 2.76. The predicted molar refractivity (Wildman–Crippen MR) is 94.1 cm³/mol. The zero-order chi connectivity index (χ0) is 20.0. The Kier molecular flexibility index (Phi) is 3.99. The van der Waals surface area contributed by atoms with Crippen LogP contribution >= 0.6 is 0 Å². The molecule has 4 rings (SSSR count). The van der Waals surface area contributed by atoms with E-state index in [0.29, 0.717) is 5.75 Å². The van der Waals surface area contributed by atoms with E-state index in [4.69, 9.17) is 4.74 Å². The first-order valence-corrected chi connectivity index (χ1v) is 7.97. The summed E-state index contributed by atoms with van der Waals surface area (Å²) in [4.78, 5) is 32.8. The van der Waals surface area contributed by atoms with Crippen LogP contribution in [-0.2, 0) is 0 Å². The minimum absolute atomic E-state index is 0.0542. The Labute approximate surface area is 154 Å². The Hall–Kier alpha value is -3.89. The number of aromatic amines is 1. The summed E-state index contributed by atoms with van der Waals surface area (Å²) in [7, 11) is 1.42. The van der Waals surface area contributed by atoms with Crippen LogP contribution in [0.4, 0.5) is 8.78 Å². The standard InChI is InChI=1S/C17H12F2N6O3/c1-8-15(25-22-13-4-11(18)12(19)5-14(13)23-25)16(26)24(17(27)21-8)9-3-10(28-2)7-20-6-9/h3-7H,1-2H3,(H,21,27). The fraction of sp³-hybridized carbons (Fsp3) is 0.118. The maximum Gasteiger partial charge on any atom is 0.333 e. The molecule has 0 aliphatic heterocycles. The normalized spacial score (nSPS) is 11.1. The molecule has 142 valence electrons. The first-order chi connectivity index (χ1) is 13.4. The molecule has 0 atom stereocenters. The molecule has 1 N–H and O–H groups in total. The van der Waals surface area contributed by atoms with Crippen molar-refractivity contribution in [2.24, 2.45) is 0 Å². The van der Waals surface area contributed by atoms with Crippen LogP contribution in [0.25, 0.3) is 22.4 Å². The van der Waals surface area contributed by atoms with Crippen molar-refractivity contribution in [1.29, 1.82) is 0 Å². The van der Waals surface area contributed by atoms with Crippen molar-refractivity contribution in [3.63, 3.8) is 0 Å². The van der Waals surface area contributed by atoms with Crippen LogP contribution in [0.15, 0.2) is 40.2 Å². The molecule has 11 heteroatoms. The summed E-state index contributed by atoms with van der Waals surface area (Å²) in [5.41, 5.74) is -1.06. The number of halogens is 2. The molecule has 0 saturated carbocycles. The highest BCUT2D eigenvalue weighted by Crippen LogP contribution is 2.17. The molecule has 0 aliphatic carbocycles. The van der Waals surface area contributed by atoms with E-state index in [9.17, 15) is 18.4 Å². The second kappa shape index (κ2) is 6.37. The highest BCUT2D eigenvalue weighted by atomic mass is 19.2. The van der Waals surface area contributed by atoms with E-state index < -0.39 is 22.9 Å². The number of fused-ring (bicyclic) bond motifs is 1. The van der Waals surface area contributed by atoms with Crippen LogP contribution in [0.2, 0.25) is 0 Å². The lowest BCUT2D eigenvalue weighted by molar-refractivity contribution is 0.412. The smallest absolute Gasteiger partial charge is 0.333 e. The topological polar surface area (TPSA) is 108 Å². The van der Waals surface area contributed by atoms with E-state index in [1.165, 1.54) is 32.5 Å². The summed E-state index contributed by atoms with van der Waals surface area (Å²) in [6, 6.07) is 3.21. The number of nitrogens with zero attached hydrogens (tertiary/aromatic N) is 5. The van der Waals surface area contributed by atoms with Crippen LogP contribution in [0.3, 0.4) is 0 Å². The molecule has 3 aromatic heterocycles. The van der Waals surface area contributed by atoms with Gasteiger partial charge in [-0.2, -0.15) is 0 Å². The second-order valence-electron chi connectivity index (χ2n) is 5.87. The molecular weight excluding hydrogens is 374 g/mol. The molecule has 3 heterocycles. The molecule has 0 radical (unpaired) electrons. The summed E-state index contributed by atoms with van der Waals surface area (Å²) >= 11 is 0. The first-order valence-electron chi connectivity index (χ1n) is 7.97. The zero-order valence-electron chi connectivity index (χ0n) is 14.6.